The maximum atomic E-state index is 11.6. The van der Waals surface area contributed by atoms with Gasteiger partial charge >= 0.3 is 5.97 Å². The van der Waals surface area contributed by atoms with Crippen LogP contribution in [0, 0.1) is 6.92 Å². The molecule has 1 aromatic heterocycles. The Morgan fingerprint density at radius 2 is 2.12 bits per heavy atom. The maximum absolute atomic E-state index is 11.6. The summed E-state index contributed by atoms with van der Waals surface area (Å²) in [7, 11) is 1.43. The molecule has 4 heteroatoms. The maximum Gasteiger partial charge on any atom is 0.328 e. The van der Waals surface area contributed by atoms with Gasteiger partial charge in [-0.2, -0.15) is 0 Å². The van der Waals surface area contributed by atoms with E-state index in [0.717, 1.165) is 18.7 Å². The molecule has 88 valence electrons. The van der Waals surface area contributed by atoms with E-state index in [4.69, 9.17) is 4.74 Å². The molecule has 0 bridgehead atoms. The van der Waals surface area contributed by atoms with Gasteiger partial charge in [-0.1, -0.05) is 0 Å². The van der Waals surface area contributed by atoms with E-state index in [1.807, 2.05) is 18.4 Å². The molecule has 0 fully saturated rings. The van der Waals surface area contributed by atoms with E-state index < -0.39 is 0 Å². The quantitative estimate of drug-likeness (QED) is 0.717. The highest BCUT2D eigenvalue weighted by Gasteiger charge is 2.24. The number of aryl methyl sites for hydroxylation is 2. The minimum Gasteiger partial charge on any atom is -0.467 e. The van der Waals surface area contributed by atoms with Crippen LogP contribution in [-0.4, -0.2) is 22.6 Å². The molecule has 2 rings (SSSR count). The van der Waals surface area contributed by atoms with Gasteiger partial charge in [-0.05, 0) is 39.5 Å². The topological polar surface area (TPSA) is 44.1 Å². The summed E-state index contributed by atoms with van der Waals surface area (Å²) in [6.07, 6.45) is 4.46. The van der Waals surface area contributed by atoms with Crippen molar-refractivity contribution >= 4 is 5.97 Å². The summed E-state index contributed by atoms with van der Waals surface area (Å²) in [5.41, 5.74) is 2.39. The van der Waals surface area contributed by atoms with E-state index in [-0.39, 0.29) is 12.0 Å². The first-order chi connectivity index (χ1) is 7.65. The number of ether oxygens (including phenoxy) is 1. The largest absolute Gasteiger partial charge is 0.467 e. The van der Waals surface area contributed by atoms with Crippen molar-refractivity contribution < 1.29 is 9.53 Å². The molecular weight excluding hydrogens is 204 g/mol. The lowest BCUT2D eigenvalue weighted by molar-refractivity contribution is -0.144. The van der Waals surface area contributed by atoms with Crippen molar-refractivity contribution in [1.29, 1.82) is 0 Å². The zero-order valence-electron chi connectivity index (χ0n) is 10.1. The normalized spacial score (nSPS) is 16.7. The number of imidazole rings is 1. The third kappa shape index (κ3) is 1.72. The van der Waals surface area contributed by atoms with Crippen LogP contribution in [0.25, 0.3) is 0 Å². The van der Waals surface area contributed by atoms with Gasteiger partial charge in [-0.25, -0.2) is 9.78 Å². The van der Waals surface area contributed by atoms with E-state index in [2.05, 4.69) is 4.98 Å². The first kappa shape index (κ1) is 11.2. The van der Waals surface area contributed by atoms with Gasteiger partial charge in [-0.3, -0.25) is 0 Å². The van der Waals surface area contributed by atoms with Gasteiger partial charge < -0.3 is 9.30 Å². The summed E-state index contributed by atoms with van der Waals surface area (Å²) >= 11 is 0. The molecule has 0 unspecified atom stereocenters. The molecule has 1 aliphatic rings. The average molecular weight is 222 g/mol. The molecule has 0 saturated heterocycles. The summed E-state index contributed by atoms with van der Waals surface area (Å²) in [5.74, 6) is 0.721. The number of esters is 1. The Balaban J connectivity index is 2.39. The fourth-order valence-electron chi connectivity index (χ4n) is 2.49. The second-order valence-corrected chi connectivity index (χ2v) is 4.33. The standard InChI is InChI=1S/C12H18N2O2/c1-8(12(15)16-3)14-9(2)13-10-6-4-5-7-11(10)14/h8H,4-7H2,1-3H3/t8-/m0/s1. The summed E-state index contributed by atoms with van der Waals surface area (Å²) in [6.45, 7) is 3.83. The summed E-state index contributed by atoms with van der Waals surface area (Å²) < 4.78 is 6.82. The molecule has 1 aliphatic carbocycles. The van der Waals surface area contributed by atoms with Crippen molar-refractivity contribution in [3.8, 4) is 0 Å². The molecule has 0 spiro atoms. The van der Waals surface area contributed by atoms with Crippen LogP contribution in [0.1, 0.15) is 43.0 Å². The zero-order valence-corrected chi connectivity index (χ0v) is 10.1. The molecule has 0 N–H and O–H groups in total. The van der Waals surface area contributed by atoms with E-state index in [1.165, 1.54) is 31.3 Å². The van der Waals surface area contributed by atoms with Gasteiger partial charge in [0, 0.05) is 5.69 Å². The van der Waals surface area contributed by atoms with Crippen LogP contribution >= 0.6 is 0 Å². The molecule has 0 aliphatic heterocycles. The number of hydrogen-bond donors (Lipinski definition) is 0. The highest BCUT2D eigenvalue weighted by atomic mass is 16.5. The summed E-state index contributed by atoms with van der Waals surface area (Å²) in [5, 5.41) is 0. The third-order valence-corrected chi connectivity index (χ3v) is 3.28. The molecule has 0 amide bonds. The first-order valence-electron chi connectivity index (χ1n) is 5.79. The van der Waals surface area contributed by atoms with Crippen LogP contribution in [0.2, 0.25) is 0 Å². The highest BCUT2D eigenvalue weighted by molar-refractivity contribution is 5.73. The zero-order chi connectivity index (χ0) is 11.7. The van der Waals surface area contributed by atoms with Crippen LogP contribution in [0.15, 0.2) is 0 Å². The lowest BCUT2D eigenvalue weighted by Crippen LogP contribution is -2.21. The molecule has 0 saturated carbocycles. The fraction of sp³-hybridized carbons (Fsp3) is 0.667. The summed E-state index contributed by atoms with van der Waals surface area (Å²) in [6, 6.07) is -0.264. The molecular formula is C12H18N2O2. The van der Waals surface area contributed by atoms with Crippen molar-refractivity contribution in [3.63, 3.8) is 0 Å². The number of carbonyl (C=O) groups is 1. The van der Waals surface area contributed by atoms with E-state index in [9.17, 15) is 4.79 Å². The minimum absolute atomic E-state index is 0.200. The molecule has 1 atom stereocenters. The predicted octanol–water partition coefficient (Wildman–Crippen LogP) is 1.80. The van der Waals surface area contributed by atoms with Gasteiger partial charge in [0.25, 0.3) is 0 Å². The van der Waals surface area contributed by atoms with Crippen molar-refractivity contribution in [2.45, 2.75) is 45.6 Å². The second-order valence-electron chi connectivity index (χ2n) is 4.33. The van der Waals surface area contributed by atoms with Crippen molar-refractivity contribution in [2.75, 3.05) is 7.11 Å². The van der Waals surface area contributed by atoms with Gasteiger partial charge in [-0.15, -0.1) is 0 Å². The van der Waals surface area contributed by atoms with Gasteiger partial charge in [0.05, 0.1) is 12.8 Å². The Hall–Kier alpha value is -1.32. The molecule has 0 aromatic carbocycles. The molecule has 1 heterocycles. The second kappa shape index (κ2) is 4.28. The number of aromatic nitrogens is 2. The van der Waals surface area contributed by atoms with Crippen molar-refractivity contribution in [1.82, 2.24) is 9.55 Å². The number of fused-ring (bicyclic) bond motifs is 1. The summed E-state index contributed by atoms with van der Waals surface area (Å²) in [4.78, 5) is 16.1. The van der Waals surface area contributed by atoms with Crippen molar-refractivity contribution in [2.24, 2.45) is 0 Å². The van der Waals surface area contributed by atoms with Crippen LogP contribution in [0.3, 0.4) is 0 Å². The Kier molecular flexibility index (Phi) is 2.99. The van der Waals surface area contributed by atoms with Gasteiger partial charge in [0.1, 0.15) is 11.9 Å². The Morgan fingerprint density at radius 1 is 1.44 bits per heavy atom. The van der Waals surface area contributed by atoms with E-state index in [0.29, 0.717) is 0 Å². The monoisotopic (exact) mass is 222 g/mol. The van der Waals surface area contributed by atoms with Crippen LogP contribution in [0.5, 0.6) is 0 Å². The molecule has 0 radical (unpaired) electrons. The molecule has 1 aromatic rings. The molecule has 4 nitrogen and oxygen atoms in total. The van der Waals surface area contributed by atoms with Gasteiger partial charge in [0.15, 0.2) is 0 Å². The Bertz CT molecular complexity index is 409. The number of methoxy groups -OCH3 is 1. The van der Waals surface area contributed by atoms with Crippen LogP contribution < -0.4 is 0 Å². The Morgan fingerprint density at radius 3 is 2.81 bits per heavy atom. The number of carbonyl (C=O) groups excluding carboxylic acids is 1. The predicted molar refractivity (Wildman–Crippen MR) is 60.3 cm³/mol. The molecule has 16 heavy (non-hydrogen) atoms. The van der Waals surface area contributed by atoms with Crippen molar-refractivity contribution in [3.05, 3.63) is 17.2 Å². The Labute approximate surface area is 95.6 Å². The SMILES string of the molecule is COC(=O)[C@H](C)n1c(C)nc2c1CCCC2. The lowest BCUT2D eigenvalue weighted by Gasteiger charge is -2.18. The lowest BCUT2D eigenvalue weighted by atomic mass is 10.0. The first-order valence-corrected chi connectivity index (χ1v) is 5.79. The highest BCUT2D eigenvalue weighted by Crippen LogP contribution is 2.25. The number of nitrogens with zero attached hydrogens (tertiary/aromatic N) is 2. The van der Waals surface area contributed by atoms with E-state index in [1.54, 1.807) is 0 Å². The number of rotatable bonds is 2. The third-order valence-electron chi connectivity index (χ3n) is 3.28. The minimum atomic E-state index is -0.264. The fourth-order valence-corrected chi connectivity index (χ4v) is 2.49. The van der Waals surface area contributed by atoms with Crippen LogP contribution in [-0.2, 0) is 22.4 Å². The smallest absolute Gasteiger partial charge is 0.328 e. The van der Waals surface area contributed by atoms with Gasteiger partial charge in [0.2, 0.25) is 0 Å². The number of hydrogen-bond acceptors (Lipinski definition) is 3. The van der Waals surface area contributed by atoms with Crippen LogP contribution in [0.4, 0.5) is 0 Å². The van der Waals surface area contributed by atoms with E-state index >= 15 is 0 Å². The average Bonchev–Trinajstić information content (AvgIpc) is 2.63.